The van der Waals surface area contributed by atoms with E-state index in [0.717, 1.165) is 22.3 Å². The summed E-state index contributed by atoms with van der Waals surface area (Å²) in [6.07, 6.45) is -1.16. The number of aliphatic carboxylic acids is 1. The van der Waals surface area contributed by atoms with Crippen LogP contribution in [0.5, 0.6) is 5.75 Å². The number of hydrogen-bond donors (Lipinski definition) is 2. The lowest BCUT2D eigenvalue weighted by atomic mass is 9.98. The molecule has 0 aromatic heterocycles. The van der Waals surface area contributed by atoms with Crippen molar-refractivity contribution in [2.45, 2.75) is 18.4 Å². The number of carbonyl (C=O) groups excluding carboxylic acids is 1. The summed E-state index contributed by atoms with van der Waals surface area (Å²) in [7, 11) is 1.37. The van der Waals surface area contributed by atoms with Gasteiger partial charge in [-0.2, -0.15) is 0 Å². The second-order valence-electron chi connectivity index (χ2n) is 7.49. The maximum Gasteiger partial charge on any atom is 0.407 e. The first-order chi connectivity index (χ1) is 15.5. The van der Waals surface area contributed by atoms with Crippen LogP contribution in [0.25, 0.3) is 11.1 Å². The highest BCUT2D eigenvalue weighted by Crippen LogP contribution is 2.44. The van der Waals surface area contributed by atoms with E-state index in [2.05, 4.69) is 5.32 Å². The van der Waals surface area contributed by atoms with Crippen LogP contribution in [0.15, 0.2) is 66.7 Å². The number of carboxylic acid groups (broad SMARTS) is 1. The molecule has 1 amide bonds. The van der Waals surface area contributed by atoms with Crippen LogP contribution in [0.2, 0.25) is 0 Å². The highest BCUT2D eigenvalue weighted by atomic mass is 19.1. The molecule has 0 saturated heterocycles. The maximum absolute atomic E-state index is 14.2. The second-order valence-corrected chi connectivity index (χ2v) is 7.49. The first-order valence-electron chi connectivity index (χ1n) is 10.1. The topological polar surface area (TPSA) is 84.9 Å². The van der Waals surface area contributed by atoms with Crippen LogP contribution in [0.1, 0.15) is 22.6 Å². The summed E-state index contributed by atoms with van der Waals surface area (Å²) in [4.78, 5) is 24.2. The number of benzene rings is 3. The number of nitrogens with one attached hydrogen (secondary N) is 1. The van der Waals surface area contributed by atoms with Gasteiger partial charge in [0.25, 0.3) is 0 Å². The minimum Gasteiger partial charge on any atom is -0.496 e. The third-order valence-electron chi connectivity index (χ3n) is 5.64. The van der Waals surface area contributed by atoms with E-state index in [-0.39, 0.29) is 30.3 Å². The van der Waals surface area contributed by atoms with E-state index in [1.165, 1.54) is 25.3 Å². The molecule has 2 N–H and O–H groups in total. The van der Waals surface area contributed by atoms with Gasteiger partial charge in [-0.3, -0.25) is 0 Å². The fraction of sp³-hybridized carbons (Fsp3) is 0.200. The molecule has 1 unspecified atom stereocenters. The van der Waals surface area contributed by atoms with Gasteiger partial charge in [0.1, 0.15) is 24.2 Å². The van der Waals surface area contributed by atoms with Gasteiger partial charge in [0.2, 0.25) is 0 Å². The monoisotopic (exact) mass is 435 g/mol. The Bertz CT molecular complexity index is 1120. The Labute approximate surface area is 184 Å². The van der Waals surface area contributed by atoms with Crippen molar-refractivity contribution in [3.8, 4) is 16.9 Å². The molecule has 7 heteroatoms. The van der Waals surface area contributed by atoms with Gasteiger partial charge in [-0.15, -0.1) is 0 Å². The largest absolute Gasteiger partial charge is 0.496 e. The highest BCUT2D eigenvalue weighted by Gasteiger charge is 2.30. The lowest BCUT2D eigenvalue weighted by molar-refractivity contribution is -0.139. The van der Waals surface area contributed by atoms with Gasteiger partial charge in [-0.05, 0) is 34.4 Å². The van der Waals surface area contributed by atoms with Gasteiger partial charge in [0, 0.05) is 17.9 Å². The maximum atomic E-state index is 14.2. The van der Waals surface area contributed by atoms with Crippen LogP contribution in [0.3, 0.4) is 0 Å². The second kappa shape index (κ2) is 9.09. The smallest absolute Gasteiger partial charge is 0.407 e. The Morgan fingerprint density at radius 3 is 2.22 bits per heavy atom. The number of ether oxygens (including phenoxy) is 2. The molecule has 0 aliphatic heterocycles. The molecule has 0 saturated carbocycles. The molecule has 3 aromatic rings. The Hall–Kier alpha value is -3.87. The van der Waals surface area contributed by atoms with Crippen LogP contribution >= 0.6 is 0 Å². The predicted octanol–water partition coefficient (Wildman–Crippen LogP) is 4.37. The summed E-state index contributed by atoms with van der Waals surface area (Å²) in [6, 6.07) is 18.6. The fourth-order valence-corrected chi connectivity index (χ4v) is 4.11. The van der Waals surface area contributed by atoms with E-state index in [1.807, 2.05) is 48.5 Å². The molecule has 32 heavy (non-hydrogen) atoms. The Kier molecular flexibility index (Phi) is 6.07. The molecule has 0 fully saturated rings. The molecule has 1 atom stereocenters. The van der Waals surface area contributed by atoms with Gasteiger partial charge < -0.3 is 19.9 Å². The third kappa shape index (κ3) is 4.14. The summed E-state index contributed by atoms with van der Waals surface area (Å²) in [5.41, 5.74) is 4.35. The van der Waals surface area contributed by atoms with Gasteiger partial charge >= 0.3 is 12.1 Å². The molecular formula is C25H22FNO5. The van der Waals surface area contributed by atoms with Gasteiger partial charge in [0.15, 0.2) is 0 Å². The number of fused-ring (bicyclic) bond motifs is 3. The normalized spacial score (nSPS) is 13.1. The summed E-state index contributed by atoms with van der Waals surface area (Å²) in [5, 5.41) is 11.9. The molecule has 6 nitrogen and oxygen atoms in total. The summed E-state index contributed by atoms with van der Waals surface area (Å²) < 4.78 is 24.7. The number of hydrogen-bond acceptors (Lipinski definition) is 4. The first-order valence-corrected chi connectivity index (χ1v) is 10.1. The van der Waals surface area contributed by atoms with Crippen molar-refractivity contribution in [3.63, 3.8) is 0 Å². The number of carboxylic acids is 1. The number of methoxy groups -OCH3 is 1. The summed E-state index contributed by atoms with van der Waals surface area (Å²) in [6.45, 7) is 0.0508. The number of alkyl carbamates (subject to hydrolysis) is 1. The van der Waals surface area contributed by atoms with E-state index < -0.39 is 23.9 Å². The minimum atomic E-state index is -1.38. The molecular weight excluding hydrogens is 413 g/mol. The van der Waals surface area contributed by atoms with Crippen molar-refractivity contribution in [2.75, 3.05) is 13.7 Å². The lowest BCUT2D eigenvalue weighted by Gasteiger charge is -2.18. The standard InChI is InChI=1S/C25H22FNO5/c1-31-23-12-6-11-21(26)19(23)13-22(24(28)29)27-25(30)32-14-20-17-9-4-2-7-15(17)16-8-3-5-10-18(16)20/h2-12,20,22H,13-14H2,1H3,(H,27,30)(H,28,29). The first kappa shape index (κ1) is 21.4. The minimum absolute atomic E-state index is 0.0508. The van der Waals surface area contributed by atoms with E-state index >= 15 is 0 Å². The average molecular weight is 435 g/mol. The van der Waals surface area contributed by atoms with Crippen LogP contribution in [-0.2, 0) is 16.0 Å². The predicted molar refractivity (Wildman–Crippen MR) is 116 cm³/mol. The van der Waals surface area contributed by atoms with E-state index in [0.29, 0.717) is 0 Å². The van der Waals surface area contributed by atoms with Crippen LogP contribution in [0.4, 0.5) is 9.18 Å². The van der Waals surface area contributed by atoms with Crippen molar-refractivity contribution in [2.24, 2.45) is 0 Å². The highest BCUT2D eigenvalue weighted by molar-refractivity contribution is 5.81. The van der Waals surface area contributed by atoms with Gasteiger partial charge in [0.05, 0.1) is 7.11 Å². The molecule has 0 spiro atoms. The number of carbonyl (C=O) groups is 2. The van der Waals surface area contributed by atoms with E-state index in [4.69, 9.17) is 9.47 Å². The molecule has 1 aliphatic rings. The zero-order valence-electron chi connectivity index (χ0n) is 17.4. The van der Waals surface area contributed by atoms with Gasteiger partial charge in [-0.25, -0.2) is 14.0 Å². The zero-order valence-corrected chi connectivity index (χ0v) is 17.4. The summed E-state index contributed by atoms with van der Waals surface area (Å²) >= 11 is 0. The SMILES string of the molecule is COc1cccc(F)c1CC(NC(=O)OCC1c2ccccc2-c2ccccc21)C(=O)O. The summed E-state index contributed by atoms with van der Waals surface area (Å²) in [5.74, 6) is -1.84. The average Bonchev–Trinajstić information content (AvgIpc) is 3.12. The molecule has 3 aromatic carbocycles. The number of rotatable bonds is 7. The Morgan fingerprint density at radius 1 is 1.00 bits per heavy atom. The number of amides is 1. The van der Waals surface area contributed by atoms with Gasteiger partial charge in [-0.1, -0.05) is 54.6 Å². The van der Waals surface area contributed by atoms with E-state index in [1.54, 1.807) is 0 Å². The molecule has 4 rings (SSSR count). The molecule has 0 radical (unpaired) electrons. The van der Waals surface area contributed by atoms with E-state index in [9.17, 15) is 19.1 Å². The van der Waals surface area contributed by atoms with Crippen molar-refractivity contribution < 1.29 is 28.6 Å². The zero-order chi connectivity index (χ0) is 22.7. The lowest BCUT2D eigenvalue weighted by Crippen LogP contribution is -2.43. The van der Waals surface area contributed by atoms with Crippen molar-refractivity contribution in [3.05, 3.63) is 89.2 Å². The quantitative estimate of drug-likeness (QED) is 0.576. The molecule has 0 heterocycles. The van der Waals surface area contributed by atoms with Crippen molar-refractivity contribution in [1.82, 2.24) is 5.32 Å². The molecule has 164 valence electrons. The Morgan fingerprint density at radius 2 is 1.62 bits per heavy atom. The molecule has 1 aliphatic carbocycles. The molecule has 0 bridgehead atoms. The van der Waals surface area contributed by atoms with Crippen molar-refractivity contribution >= 4 is 12.1 Å². The van der Waals surface area contributed by atoms with Crippen LogP contribution < -0.4 is 10.1 Å². The fourth-order valence-electron chi connectivity index (χ4n) is 4.11. The third-order valence-corrected chi connectivity index (χ3v) is 5.64. The Balaban J connectivity index is 1.46. The van der Waals surface area contributed by atoms with Crippen molar-refractivity contribution in [1.29, 1.82) is 0 Å². The van der Waals surface area contributed by atoms with Crippen LogP contribution in [-0.4, -0.2) is 36.9 Å². The number of halogens is 1. The van der Waals surface area contributed by atoms with Crippen LogP contribution in [0, 0.1) is 5.82 Å².